The Labute approximate surface area is 167 Å². The van der Waals surface area contributed by atoms with E-state index in [1.165, 1.54) is 27.7 Å². The van der Waals surface area contributed by atoms with E-state index < -0.39 is 18.0 Å². The molecule has 11 heteroatoms. The molecule has 0 bridgehead atoms. The van der Waals surface area contributed by atoms with Crippen LogP contribution in [-0.2, 0) is 5.88 Å². The lowest BCUT2D eigenvalue weighted by atomic mass is 10.2. The van der Waals surface area contributed by atoms with Gasteiger partial charge in [0.25, 0.3) is 12.3 Å². The van der Waals surface area contributed by atoms with Gasteiger partial charge in [-0.05, 0) is 23.8 Å². The highest BCUT2D eigenvalue weighted by molar-refractivity contribution is 6.17. The Balaban J connectivity index is 1.67. The number of nitrogens with two attached hydrogens (primary N) is 1. The smallest absolute Gasteiger partial charge is 0.284 e. The molecule has 0 fully saturated rings. The molecule has 0 spiro atoms. The fourth-order valence-electron chi connectivity index (χ4n) is 2.75. The third kappa shape index (κ3) is 3.61. The highest BCUT2D eigenvalue weighted by Gasteiger charge is 2.22. The van der Waals surface area contributed by atoms with Crippen molar-refractivity contribution in [2.45, 2.75) is 12.3 Å². The van der Waals surface area contributed by atoms with Crippen molar-refractivity contribution >= 4 is 34.7 Å². The van der Waals surface area contributed by atoms with E-state index in [9.17, 15) is 13.6 Å². The molecule has 4 rings (SSSR count). The molecular formula is C18H14ClF2N7O. The molecule has 3 heterocycles. The number of hydrogen-bond acceptors (Lipinski definition) is 5. The zero-order chi connectivity index (χ0) is 20.5. The molecule has 0 atom stereocenters. The minimum atomic E-state index is -2.88. The first-order valence-corrected chi connectivity index (χ1v) is 8.94. The number of nitrogen functional groups attached to an aromatic ring is 1. The summed E-state index contributed by atoms with van der Waals surface area (Å²) in [6.45, 7) is 0. The molecule has 4 aromatic rings. The molecule has 29 heavy (non-hydrogen) atoms. The van der Waals surface area contributed by atoms with Gasteiger partial charge < -0.3 is 11.1 Å². The lowest BCUT2D eigenvalue weighted by Crippen LogP contribution is -2.13. The summed E-state index contributed by atoms with van der Waals surface area (Å²) in [5.41, 5.74) is 6.72. The van der Waals surface area contributed by atoms with E-state index in [-0.39, 0.29) is 22.7 Å². The molecule has 0 saturated heterocycles. The van der Waals surface area contributed by atoms with E-state index in [4.69, 9.17) is 17.3 Å². The molecule has 3 N–H and O–H groups in total. The van der Waals surface area contributed by atoms with Crippen molar-refractivity contribution < 1.29 is 13.6 Å². The number of fused-ring (bicyclic) bond motifs is 1. The Morgan fingerprint density at radius 3 is 2.69 bits per heavy atom. The Hall–Kier alpha value is -3.53. The number of nitrogens with one attached hydrogen (secondary N) is 1. The minimum Gasteiger partial charge on any atom is -0.384 e. The van der Waals surface area contributed by atoms with E-state index in [1.807, 2.05) is 0 Å². The van der Waals surface area contributed by atoms with Crippen LogP contribution in [0.5, 0.6) is 0 Å². The summed E-state index contributed by atoms with van der Waals surface area (Å²) in [4.78, 5) is 16.7. The predicted octanol–water partition coefficient (Wildman–Crippen LogP) is 3.43. The molecule has 148 valence electrons. The summed E-state index contributed by atoms with van der Waals surface area (Å²) >= 11 is 5.76. The van der Waals surface area contributed by atoms with E-state index in [1.54, 1.807) is 30.5 Å². The fourth-order valence-corrected chi connectivity index (χ4v) is 2.93. The molecule has 0 radical (unpaired) electrons. The average Bonchev–Trinajstić information content (AvgIpc) is 3.32. The van der Waals surface area contributed by atoms with Crippen LogP contribution in [0.1, 0.15) is 28.0 Å². The molecule has 0 saturated carbocycles. The second-order valence-electron chi connectivity index (χ2n) is 6.11. The van der Waals surface area contributed by atoms with Crippen LogP contribution in [0.2, 0.25) is 0 Å². The summed E-state index contributed by atoms with van der Waals surface area (Å²) < 4.78 is 29.6. The number of hydrogen-bond donors (Lipinski definition) is 2. The van der Waals surface area contributed by atoms with Gasteiger partial charge in [0.05, 0.1) is 23.8 Å². The Morgan fingerprint density at radius 2 is 2.00 bits per heavy atom. The van der Waals surface area contributed by atoms with Crippen LogP contribution in [0, 0.1) is 0 Å². The number of nitrogens with zero attached hydrogens (tertiary/aromatic N) is 5. The standard InChI is InChI=1S/C18H14ClF2N7O/c19-7-10-1-3-11(4-2-10)28-9-13(15(26-28)16(20)21)24-18(29)12-8-23-27-6-5-14(22)25-17(12)27/h1-6,8-9,16H,7H2,(H2,22,25)(H,24,29). The molecule has 8 nitrogen and oxygen atoms in total. The molecule has 0 unspecified atom stereocenters. The van der Waals surface area contributed by atoms with Gasteiger partial charge in [0, 0.05) is 12.1 Å². The van der Waals surface area contributed by atoms with Crippen LogP contribution >= 0.6 is 11.6 Å². The highest BCUT2D eigenvalue weighted by atomic mass is 35.5. The zero-order valence-electron chi connectivity index (χ0n) is 14.8. The summed E-state index contributed by atoms with van der Waals surface area (Å²) in [5, 5.41) is 10.4. The van der Waals surface area contributed by atoms with Crippen LogP contribution in [-0.4, -0.2) is 30.3 Å². The van der Waals surface area contributed by atoms with Crippen LogP contribution in [0.4, 0.5) is 20.3 Å². The molecular weight excluding hydrogens is 404 g/mol. The molecule has 0 aliphatic rings. The van der Waals surface area contributed by atoms with Gasteiger partial charge in [-0.2, -0.15) is 10.2 Å². The lowest BCUT2D eigenvalue weighted by Gasteiger charge is -2.03. The second kappa shape index (κ2) is 7.47. The van der Waals surface area contributed by atoms with Crippen molar-refractivity contribution in [1.29, 1.82) is 0 Å². The number of amides is 1. The van der Waals surface area contributed by atoms with Crippen molar-refractivity contribution in [2.75, 3.05) is 11.1 Å². The van der Waals surface area contributed by atoms with Crippen LogP contribution in [0.25, 0.3) is 11.3 Å². The first kappa shape index (κ1) is 18.8. The van der Waals surface area contributed by atoms with Gasteiger partial charge in [-0.25, -0.2) is 23.0 Å². The van der Waals surface area contributed by atoms with E-state index >= 15 is 0 Å². The third-order valence-corrected chi connectivity index (χ3v) is 4.50. The number of benzene rings is 1. The van der Waals surface area contributed by atoms with Gasteiger partial charge in [0.2, 0.25) is 0 Å². The van der Waals surface area contributed by atoms with Gasteiger partial charge in [-0.3, -0.25) is 4.79 Å². The normalized spacial score (nSPS) is 11.3. The quantitative estimate of drug-likeness (QED) is 0.484. The van der Waals surface area contributed by atoms with E-state index in [0.717, 1.165) is 5.56 Å². The lowest BCUT2D eigenvalue weighted by molar-refractivity contribution is 0.102. The van der Waals surface area contributed by atoms with Crippen molar-refractivity contribution in [1.82, 2.24) is 24.4 Å². The van der Waals surface area contributed by atoms with Crippen molar-refractivity contribution in [3.8, 4) is 5.69 Å². The number of rotatable bonds is 5. The highest BCUT2D eigenvalue weighted by Crippen LogP contribution is 2.28. The van der Waals surface area contributed by atoms with E-state index in [0.29, 0.717) is 11.6 Å². The number of carbonyl (C=O) groups excluding carboxylic acids is 1. The van der Waals surface area contributed by atoms with Gasteiger partial charge in [-0.1, -0.05) is 12.1 Å². The van der Waals surface area contributed by atoms with E-state index in [2.05, 4.69) is 20.5 Å². The van der Waals surface area contributed by atoms with Gasteiger partial charge in [0.15, 0.2) is 11.3 Å². The van der Waals surface area contributed by atoms with Crippen LogP contribution in [0.3, 0.4) is 0 Å². The average molecular weight is 418 g/mol. The second-order valence-corrected chi connectivity index (χ2v) is 6.37. The maximum absolute atomic E-state index is 13.5. The van der Waals surface area contributed by atoms with Crippen molar-refractivity contribution in [2.24, 2.45) is 0 Å². The third-order valence-electron chi connectivity index (χ3n) is 4.19. The van der Waals surface area contributed by atoms with Gasteiger partial charge >= 0.3 is 0 Å². The maximum atomic E-state index is 13.5. The summed E-state index contributed by atoms with van der Waals surface area (Å²) in [5.74, 6) is -0.119. The molecule has 0 aliphatic heterocycles. The van der Waals surface area contributed by atoms with Crippen molar-refractivity contribution in [3.05, 3.63) is 65.7 Å². The van der Waals surface area contributed by atoms with Crippen molar-refractivity contribution in [3.63, 3.8) is 0 Å². The zero-order valence-corrected chi connectivity index (χ0v) is 15.5. The summed E-state index contributed by atoms with van der Waals surface area (Å²) in [6.07, 6.45) is 1.27. The topological polar surface area (TPSA) is 103 Å². The first-order chi connectivity index (χ1) is 14.0. The van der Waals surface area contributed by atoms with Crippen LogP contribution in [0.15, 0.2) is 48.9 Å². The summed E-state index contributed by atoms with van der Waals surface area (Å²) in [7, 11) is 0. The number of halogens is 3. The molecule has 0 aliphatic carbocycles. The SMILES string of the molecule is Nc1ccn2ncc(C(=O)Nc3cn(-c4ccc(CCl)cc4)nc3C(F)F)c2n1. The molecule has 1 aromatic carbocycles. The number of alkyl halides is 3. The Bertz CT molecular complexity index is 1190. The number of aromatic nitrogens is 5. The minimum absolute atomic E-state index is 0.0942. The van der Waals surface area contributed by atoms with Crippen LogP contribution < -0.4 is 11.1 Å². The summed E-state index contributed by atoms with van der Waals surface area (Å²) in [6, 6.07) is 8.45. The van der Waals surface area contributed by atoms with Gasteiger partial charge in [0.1, 0.15) is 11.4 Å². The Kier molecular flexibility index (Phi) is 4.85. The Morgan fingerprint density at radius 1 is 1.24 bits per heavy atom. The molecule has 1 amide bonds. The number of anilines is 2. The maximum Gasteiger partial charge on any atom is 0.284 e. The monoisotopic (exact) mass is 417 g/mol. The fraction of sp³-hybridized carbons (Fsp3) is 0.111. The van der Waals surface area contributed by atoms with Gasteiger partial charge in [-0.15, -0.1) is 11.6 Å². The number of carbonyl (C=O) groups is 1. The predicted molar refractivity (Wildman–Crippen MR) is 103 cm³/mol. The largest absolute Gasteiger partial charge is 0.384 e. The first-order valence-electron chi connectivity index (χ1n) is 8.40. The molecule has 3 aromatic heterocycles.